The lowest BCUT2D eigenvalue weighted by Crippen LogP contribution is -2.55. The van der Waals surface area contributed by atoms with E-state index in [2.05, 4.69) is 20.2 Å². The minimum atomic E-state index is -4.42. The predicted molar refractivity (Wildman–Crippen MR) is 123 cm³/mol. The average molecular weight is 571 g/mol. The van der Waals surface area contributed by atoms with Crippen molar-refractivity contribution in [2.24, 2.45) is 4.99 Å². The zero-order valence-corrected chi connectivity index (χ0v) is 20.3. The van der Waals surface area contributed by atoms with Crippen LogP contribution in [-0.4, -0.2) is 85.2 Å². The Hall–Kier alpha value is -1.83. The van der Waals surface area contributed by atoms with Crippen LogP contribution in [0.4, 0.5) is 13.2 Å². The van der Waals surface area contributed by atoms with Crippen LogP contribution in [-0.2, 0) is 15.7 Å². The van der Waals surface area contributed by atoms with Crippen molar-refractivity contribution in [1.82, 2.24) is 20.1 Å². The van der Waals surface area contributed by atoms with Gasteiger partial charge in [0.05, 0.1) is 12.1 Å². The molecule has 2 aliphatic heterocycles. The molecule has 8 nitrogen and oxygen atoms in total. The number of carbonyl (C=O) groups is 1. The van der Waals surface area contributed by atoms with Crippen molar-refractivity contribution in [2.45, 2.75) is 32.0 Å². The molecule has 1 unspecified atom stereocenters. The zero-order valence-electron chi connectivity index (χ0n) is 17.9. The Morgan fingerprint density at radius 3 is 2.56 bits per heavy atom. The molecule has 0 spiro atoms. The van der Waals surface area contributed by atoms with E-state index in [0.717, 1.165) is 31.1 Å². The maximum Gasteiger partial charge on any atom is 0.417 e. The van der Waals surface area contributed by atoms with E-state index in [0.29, 0.717) is 45.9 Å². The number of piperazine rings is 1. The second-order valence-electron chi connectivity index (χ2n) is 7.28. The van der Waals surface area contributed by atoms with E-state index >= 15 is 0 Å². The summed E-state index contributed by atoms with van der Waals surface area (Å²) in [6.45, 7) is 6.34. The first kappa shape index (κ1) is 26.4. The summed E-state index contributed by atoms with van der Waals surface area (Å²) < 4.78 is 48.6. The molecule has 12 heteroatoms. The van der Waals surface area contributed by atoms with E-state index in [-0.39, 0.29) is 48.5 Å². The molecule has 32 heavy (non-hydrogen) atoms. The number of ether oxygens (including phenoxy) is 2. The fraction of sp³-hybridized carbons (Fsp3) is 0.650. The molecule has 0 aromatic carbocycles. The normalized spacial score (nSPS) is 19.5. The van der Waals surface area contributed by atoms with E-state index < -0.39 is 11.7 Å². The van der Waals surface area contributed by atoms with Gasteiger partial charge in [-0.05, 0) is 25.8 Å². The van der Waals surface area contributed by atoms with Crippen molar-refractivity contribution in [3.8, 4) is 5.88 Å². The van der Waals surface area contributed by atoms with Crippen LogP contribution >= 0.6 is 24.0 Å². The van der Waals surface area contributed by atoms with Crippen LogP contribution in [0.15, 0.2) is 23.3 Å². The van der Waals surface area contributed by atoms with Gasteiger partial charge in [-0.1, -0.05) is 0 Å². The molecule has 1 aromatic rings. The highest BCUT2D eigenvalue weighted by atomic mass is 127. The van der Waals surface area contributed by atoms with Gasteiger partial charge in [-0.15, -0.1) is 24.0 Å². The van der Waals surface area contributed by atoms with Crippen LogP contribution in [0.1, 0.15) is 25.3 Å². The predicted octanol–water partition coefficient (Wildman–Crippen LogP) is 2.39. The molecule has 2 aliphatic rings. The highest BCUT2D eigenvalue weighted by molar-refractivity contribution is 14.0. The van der Waals surface area contributed by atoms with Gasteiger partial charge in [0, 0.05) is 51.6 Å². The molecule has 0 radical (unpaired) electrons. The molecule has 2 saturated heterocycles. The highest BCUT2D eigenvalue weighted by Crippen LogP contribution is 2.29. The zero-order chi connectivity index (χ0) is 22.3. The molecule has 1 N–H and O–H groups in total. The number of guanidine groups is 1. The first-order valence-electron chi connectivity index (χ1n) is 10.5. The van der Waals surface area contributed by atoms with E-state index in [1.807, 2.05) is 11.8 Å². The summed E-state index contributed by atoms with van der Waals surface area (Å²) in [6.07, 6.45) is -2.26. The molecule has 3 rings (SSSR count). The summed E-state index contributed by atoms with van der Waals surface area (Å²) in [5.41, 5.74) is -0.815. The summed E-state index contributed by atoms with van der Waals surface area (Å²) in [6, 6.07) is 2.13. The number of carbonyl (C=O) groups excluding carboxylic acids is 1. The monoisotopic (exact) mass is 571 g/mol. The largest absolute Gasteiger partial charge is 0.476 e. The molecular formula is C20H29F3IN5O3. The number of aliphatic imine (C=N–C) groups is 1. The molecule has 0 saturated carbocycles. The van der Waals surface area contributed by atoms with Gasteiger partial charge in [-0.25, -0.2) is 9.98 Å². The van der Waals surface area contributed by atoms with Crippen LogP contribution in [0.3, 0.4) is 0 Å². The van der Waals surface area contributed by atoms with Crippen LogP contribution in [0.25, 0.3) is 0 Å². The van der Waals surface area contributed by atoms with Crippen LogP contribution in [0.2, 0.25) is 0 Å². The lowest BCUT2D eigenvalue weighted by molar-refractivity contribution is -0.142. The Balaban J connectivity index is 0.00000363. The Bertz CT molecular complexity index is 750. The number of aromatic nitrogens is 1. The molecule has 3 heterocycles. The SMILES string of the molecule is CCNC(=NCCOc1ccc(C(F)(F)F)cn1)N1CCN(C(=O)C2CCCO2)CC1.I. The van der Waals surface area contributed by atoms with Crippen molar-refractivity contribution in [3.63, 3.8) is 0 Å². The fourth-order valence-corrected chi connectivity index (χ4v) is 3.48. The summed E-state index contributed by atoms with van der Waals surface area (Å²) in [4.78, 5) is 24.6. The summed E-state index contributed by atoms with van der Waals surface area (Å²) in [7, 11) is 0. The molecule has 2 fully saturated rings. The lowest BCUT2D eigenvalue weighted by atomic mass is 10.2. The number of halogens is 4. The Kier molecular flexibility index (Phi) is 10.3. The van der Waals surface area contributed by atoms with Crippen LogP contribution in [0.5, 0.6) is 5.88 Å². The number of amides is 1. The number of pyridine rings is 1. The number of nitrogens with zero attached hydrogens (tertiary/aromatic N) is 4. The van der Waals surface area contributed by atoms with Gasteiger partial charge in [0.15, 0.2) is 5.96 Å². The third kappa shape index (κ3) is 7.36. The second-order valence-corrected chi connectivity index (χ2v) is 7.28. The van der Waals surface area contributed by atoms with E-state index in [9.17, 15) is 18.0 Å². The van der Waals surface area contributed by atoms with Crippen molar-refractivity contribution in [3.05, 3.63) is 23.9 Å². The average Bonchev–Trinajstić information content (AvgIpc) is 3.30. The van der Waals surface area contributed by atoms with Crippen LogP contribution < -0.4 is 10.1 Å². The van der Waals surface area contributed by atoms with Crippen molar-refractivity contribution >= 4 is 35.8 Å². The van der Waals surface area contributed by atoms with Gasteiger partial charge in [-0.2, -0.15) is 13.2 Å². The quantitative estimate of drug-likeness (QED) is 0.245. The standard InChI is InChI=1S/C20H28F3N5O3.HI/c1-2-24-19(25-7-13-31-17-6-5-15(14-26-17)20(21,22)23)28-10-8-27(9-11-28)18(29)16-4-3-12-30-16;/h5-6,14,16H,2-4,7-13H2,1H3,(H,24,25);1H. The van der Waals surface area contributed by atoms with E-state index in [1.54, 1.807) is 0 Å². The summed E-state index contributed by atoms with van der Waals surface area (Å²) >= 11 is 0. The van der Waals surface area contributed by atoms with Gasteiger partial charge >= 0.3 is 6.18 Å². The Labute approximate surface area is 202 Å². The molecule has 0 aliphatic carbocycles. The molecule has 180 valence electrons. The number of alkyl halides is 3. The van der Waals surface area contributed by atoms with Crippen molar-refractivity contribution in [1.29, 1.82) is 0 Å². The molecule has 1 amide bonds. The van der Waals surface area contributed by atoms with Gasteiger partial charge < -0.3 is 24.6 Å². The molecule has 1 atom stereocenters. The molecular weight excluding hydrogens is 542 g/mol. The second kappa shape index (κ2) is 12.4. The number of hydrogen-bond donors (Lipinski definition) is 1. The summed E-state index contributed by atoms with van der Waals surface area (Å²) in [5.74, 6) is 0.904. The number of nitrogens with one attached hydrogen (secondary N) is 1. The molecule has 1 aromatic heterocycles. The van der Waals surface area contributed by atoms with Gasteiger partial charge in [0.1, 0.15) is 12.7 Å². The number of rotatable bonds is 6. The maximum absolute atomic E-state index is 12.6. The van der Waals surface area contributed by atoms with Gasteiger partial charge in [0.2, 0.25) is 5.88 Å². The summed E-state index contributed by atoms with van der Waals surface area (Å²) in [5, 5.41) is 3.23. The van der Waals surface area contributed by atoms with Crippen molar-refractivity contribution in [2.75, 3.05) is 52.5 Å². The Morgan fingerprint density at radius 2 is 2.00 bits per heavy atom. The topological polar surface area (TPSA) is 79.3 Å². The van der Waals surface area contributed by atoms with Crippen molar-refractivity contribution < 1.29 is 27.4 Å². The van der Waals surface area contributed by atoms with Crippen LogP contribution in [0, 0.1) is 0 Å². The minimum Gasteiger partial charge on any atom is -0.476 e. The lowest BCUT2D eigenvalue weighted by Gasteiger charge is -2.37. The van der Waals surface area contributed by atoms with E-state index in [4.69, 9.17) is 9.47 Å². The third-order valence-corrected chi connectivity index (χ3v) is 5.10. The van der Waals surface area contributed by atoms with Gasteiger partial charge in [0.25, 0.3) is 5.91 Å². The maximum atomic E-state index is 12.6. The first-order valence-corrected chi connectivity index (χ1v) is 10.5. The van der Waals surface area contributed by atoms with E-state index in [1.165, 1.54) is 6.07 Å². The smallest absolute Gasteiger partial charge is 0.417 e. The Morgan fingerprint density at radius 1 is 1.28 bits per heavy atom. The number of hydrogen-bond acceptors (Lipinski definition) is 5. The minimum absolute atomic E-state index is 0. The fourth-order valence-electron chi connectivity index (χ4n) is 3.48. The van der Waals surface area contributed by atoms with Gasteiger partial charge in [-0.3, -0.25) is 4.79 Å². The first-order chi connectivity index (χ1) is 14.9. The highest BCUT2D eigenvalue weighted by Gasteiger charge is 2.31. The molecule has 0 bridgehead atoms. The third-order valence-electron chi connectivity index (χ3n) is 5.10.